The Morgan fingerprint density at radius 3 is 2.74 bits per heavy atom. The molecule has 19 heavy (non-hydrogen) atoms. The molecule has 1 saturated carbocycles. The molecule has 3 atom stereocenters. The number of rotatable bonds is 4. The minimum Gasteiger partial charge on any atom is -0.313 e. The molecule has 1 aromatic heterocycles. The van der Waals surface area contributed by atoms with E-state index in [4.69, 9.17) is 0 Å². The van der Waals surface area contributed by atoms with Gasteiger partial charge in [-0.15, -0.1) is 0 Å². The van der Waals surface area contributed by atoms with Crippen LogP contribution in [0.3, 0.4) is 0 Å². The molecule has 1 fully saturated rings. The molecule has 1 aliphatic rings. The number of hydrogen-bond donors (Lipinski definition) is 1. The largest absolute Gasteiger partial charge is 0.313 e. The van der Waals surface area contributed by atoms with E-state index in [1.165, 1.54) is 43.4 Å². The molecule has 0 spiro atoms. The first-order chi connectivity index (χ1) is 9.15. The van der Waals surface area contributed by atoms with Crippen molar-refractivity contribution in [2.75, 3.05) is 7.05 Å². The van der Waals surface area contributed by atoms with Crippen molar-refractivity contribution in [1.82, 2.24) is 10.3 Å². The van der Waals surface area contributed by atoms with Gasteiger partial charge < -0.3 is 5.32 Å². The van der Waals surface area contributed by atoms with Crippen LogP contribution in [0.25, 0.3) is 0 Å². The van der Waals surface area contributed by atoms with Gasteiger partial charge in [0.2, 0.25) is 0 Å². The van der Waals surface area contributed by atoms with Crippen molar-refractivity contribution in [3.05, 3.63) is 29.1 Å². The summed E-state index contributed by atoms with van der Waals surface area (Å²) in [6.07, 6.45) is 6.87. The van der Waals surface area contributed by atoms with Crippen LogP contribution in [0.4, 0.5) is 0 Å². The topological polar surface area (TPSA) is 24.9 Å². The van der Waals surface area contributed by atoms with Crippen LogP contribution in [0.2, 0.25) is 0 Å². The summed E-state index contributed by atoms with van der Waals surface area (Å²) < 4.78 is 0. The maximum Gasteiger partial charge on any atom is 0.0423 e. The van der Waals surface area contributed by atoms with E-state index >= 15 is 0 Å². The molecule has 0 radical (unpaired) electrons. The van der Waals surface area contributed by atoms with Crippen LogP contribution in [-0.4, -0.2) is 12.0 Å². The van der Waals surface area contributed by atoms with Gasteiger partial charge in [0.1, 0.15) is 0 Å². The van der Waals surface area contributed by atoms with Crippen molar-refractivity contribution >= 4 is 0 Å². The Kier molecular flexibility index (Phi) is 4.98. The zero-order valence-corrected chi connectivity index (χ0v) is 12.9. The van der Waals surface area contributed by atoms with Crippen molar-refractivity contribution in [3.8, 4) is 0 Å². The lowest BCUT2D eigenvalue weighted by Gasteiger charge is -2.35. The highest BCUT2D eigenvalue weighted by Crippen LogP contribution is 2.38. The molecular formula is C17H28N2. The van der Waals surface area contributed by atoms with Gasteiger partial charge in [-0.1, -0.05) is 32.3 Å². The maximum absolute atomic E-state index is 4.64. The molecule has 0 aromatic carbocycles. The number of nitrogens with one attached hydrogen (secondary N) is 1. The van der Waals surface area contributed by atoms with E-state index in [0.717, 1.165) is 17.5 Å². The first kappa shape index (κ1) is 14.5. The molecule has 106 valence electrons. The normalized spacial score (nSPS) is 25.3. The van der Waals surface area contributed by atoms with Gasteiger partial charge in [-0.25, -0.2) is 0 Å². The Balaban J connectivity index is 2.19. The number of hydrogen-bond acceptors (Lipinski definition) is 2. The van der Waals surface area contributed by atoms with Crippen LogP contribution in [0.15, 0.2) is 12.1 Å². The van der Waals surface area contributed by atoms with Crippen LogP contribution < -0.4 is 5.32 Å². The third-order valence-corrected chi connectivity index (χ3v) is 4.78. The van der Waals surface area contributed by atoms with Gasteiger partial charge >= 0.3 is 0 Å². The van der Waals surface area contributed by atoms with E-state index in [0.29, 0.717) is 6.04 Å². The van der Waals surface area contributed by atoms with E-state index in [1.807, 2.05) is 0 Å². The quantitative estimate of drug-likeness (QED) is 0.878. The van der Waals surface area contributed by atoms with Gasteiger partial charge in [0.25, 0.3) is 0 Å². The average molecular weight is 260 g/mol. The third kappa shape index (κ3) is 3.36. The van der Waals surface area contributed by atoms with E-state index < -0.39 is 0 Å². The van der Waals surface area contributed by atoms with Gasteiger partial charge in [-0.3, -0.25) is 4.98 Å². The highest BCUT2D eigenvalue weighted by atomic mass is 14.9. The van der Waals surface area contributed by atoms with Gasteiger partial charge in [-0.05, 0) is 57.2 Å². The second-order valence-corrected chi connectivity index (χ2v) is 6.09. The Bertz CT molecular complexity index is 414. The molecule has 2 heteroatoms. The summed E-state index contributed by atoms with van der Waals surface area (Å²) in [6, 6.07) is 4.89. The van der Waals surface area contributed by atoms with Crippen molar-refractivity contribution in [1.29, 1.82) is 0 Å². The van der Waals surface area contributed by atoms with Gasteiger partial charge in [-0.2, -0.15) is 0 Å². The first-order valence-corrected chi connectivity index (χ1v) is 7.77. The molecule has 2 nitrogen and oxygen atoms in total. The van der Waals surface area contributed by atoms with E-state index in [1.54, 1.807) is 0 Å². The summed E-state index contributed by atoms with van der Waals surface area (Å²) in [7, 11) is 2.10. The lowest BCUT2D eigenvalue weighted by Crippen LogP contribution is -2.30. The summed E-state index contributed by atoms with van der Waals surface area (Å²) >= 11 is 0. The Morgan fingerprint density at radius 1 is 1.32 bits per heavy atom. The van der Waals surface area contributed by atoms with Gasteiger partial charge in [0.05, 0.1) is 0 Å². The summed E-state index contributed by atoms with van der Waals surface area (Å²) in [5.41, 5.74) is 3.71. The fourth-order valence-electron chi connectivity index (χ4n) is 3.68. The molecule has 1 heterocycles. The minimum absolute atomic E-state index is 0.474. The van der Waals surface area contributed by atoms with Crippen molar-refractivity contribution < 1.29 is 0 Å². The monoisotopic (exact) mass is 260 g/mol. The number of pyridine rings is 1. The summed E-state index contributed by atoms with van der Waals surface area (Å²) in [5, 5.41) is 3.55. The van der Waals surface area contributed by atoms with Crippen molar-refractivity contribution in [3.63, 3.8) is 0 Å². The van der Waals surface area contributed by atoms with Crippen molar-refractivity contribution in [2.24, 2.45) is 11.8 Å². The minimum atomic E-state index is 0.474. The standard InChI is InChI=1S/C17H28N2/c1-5-14-7-6-8-15(11-14)17(18-4)16-10-9-12(2)19-13(16)3/h9-10,14-15,17-18H,5-8,11H2,1-4H3. The molecule has 0 aliphatic heterocycles. The highest BCUT2D eigenvalue weighted by Gasteiger charge is 2.28. The molecular weight excluding hydrogens is 232 g/mol. The van der Waals surface area contributed by atoms with Crippen LogP contribution in [0.1, 0.15) is 62.0 Å². The lowest BCUT2D eigenvalue weighted by molar-refractivity contribution is 0.214. The van der Waals surface area contributed by atoms with Gasteiger partial charge in [0.15, 0.2) is 0 Å². The zero-order valence-electron chi connectivity index (χ0n) is 12.9. The number of aryl methyl sites for hydroxylation is 2. The second-order valence-electron chi connectivity index (χ2n) is 6.09. The predicted molar refractivity (Wildman–Crippen MR) is 81.3 cm³/mol. The molecule has 1 N–H and O–H groups in total. The Labute approximate surface area is 118 Å². The fraction of sp³-hybridized carbons (Fsp3) is 0.706. The van der Waals surface area contributed by atoms with Crippen LogP contribution in [-0.2, 0) is 0 Å². The van der Waals surface area contributed by atoms with E-state index in [9.17, 15) is 0 Å². The predicted octanol–water partition coefficient (Wildman–Crippen LogP) is 4.18. The smallest absolute Gasteiger partial charge is 0.0423 e. The van der Waals surface area contributed by atoms with Crippen molar-refractivity contribution in [2.45, 2.75) is 58.9 Å². The van der Waals surface area contributed by atoms with E-state index in [2.05, 4.69) is 50.3 Å². The molecule has 1 aromatic rings. The van der Waals surface area contributed by atoms with Crippen LogP contribution >= 0.6 is 0 Å². The molecule has 3 unspecified atom stereocenters. The van der Waals surface area contributed by atoms with Gasteiger partial charge in [0, 0.05) is 17.4 Å². The van der Waals surface area contributed by atoms with Crippen LogP contribution in [0, 0.1) is 25.7 Å². The van der Waals surface area contributed by atoms with Crippen LogP contribution in [0.5, 0.6) is 0 Å². The van der Waals surface area contributed by atoms with E-state index in [-0.39, 0.29) is 0 Å². The Hall–Kier alpha value is -0.890. The fourth-order valence-corrected chi connectivity index (χ4v) is 3.68. The molecule has 0 bridgehead atoms. The Morgan fingerprint density at radius 2 is 2.11 bits per heavy atom. The molecule has 2 rings (SSSR count). The summed E-state index contributed by atoms with van der Waals surface area (Å²) in [4.78, 5) is 4.64. The highest BCUT2D eigenvalue weighted by molar-refractivity contribution is 5.26. The third-order valence-electron chi connectivity index (χ3n) is 4.78. The summed E-state index contributed by atoms with van der Waals surface area (Å²) in [5.74, 6) is 1.69. The maximum atomic E-state index is 4.64. The number of aromatic nitrogens is 1. The summed E-state index contributed by atoms with van der Waals surface area (Å²) in [6.45, 7) is 6.55. The molecule has 1 aliphatic carbocycles. The number of nitrogens with zero attached hydrogens (tertiary/aromatic N) is 1. The lowest BCUT2D eigenvalue weighted by atomic mass is 9.75. The molecule has 0 saturated heterocycles. The zero-order chi connectivity index (χ0) is 13.8. The first-order valence-electron chi connectivity index (χ1n) is 7.77. The second kappa shape index (κ2) is 6.51. The SMILES string of the molecule is CCC1CCCC(C(NC)c2ccc(C)nc2C)C1. The molecule has 0 amide bonds. The average Bonchev–Trinajstić information content (AvgIpc) is 2.42.